The van der Waals surface area contributed by atoms with Crippen LogP contribution in [-0.4, -0.2) is 37.2 Å². The van der Waals surface area contributed by atoms with E-state index in [-0.39, 0.29) is 16.2 Å². The van der Waals surface area contributed by atoms with Crippen molar-refractivity contribution < 1.29 is 17.9 Å². The molecule has 0 saturated heterocycles. The lowest BCUT2D eigenvalue weighted by Crippen LogP contribution is -2.40. The normalized spacial score (nSPS) is 15.6. The van der Waals surface area contributed by atoms with Gasteiger partial charge < -0.3 is 10.1 Å². The first-order chi connectivity index (χ1) is 14.6. The molecule has 3 N–H and O–H groups in total. The SMILES string of the molecule is COc1ccc(C(=O)Nc2cc(CC3CCCCC3)[nH]n2)cc1S(=O)(=O)NC(C)(C)C. The number of amides is 1. The Morgan fingerprint density at radius 3 is 2.55 bits per heavy atom. The number of hydrogen-bond acceptors (Lipinski definition) is 5. The van der Waals surface area contributed by atoms with E-state index in [1.54, 1.807) is 20.8 Å². The highest BCUT2D eigenvalue weighted by Gasteiger charge is 2.26. The number of hydrogen-bond donors (Lipinski definition) is 3. The lowest BCUT2D eigenvalue weighted by Gasteiger charge is -2.21. The van der Waals surface area contributed by atoms with E-state index in [4.69, 9.17) is 4.74 Å². The molecule has 1 heterocycles. The third-order valence-electron chi connectivity index (χ3n) is 5.26. The first-order valence-electron chi connectivity index (χ1n) is 10.6. The van der Waals surface area contributed by atoms with Gasteiger partial charge in [-0.2, -0.15) is 5.10 Å². The summed E-state index contributed by atoms with van der Waals surface area (Å²) in [6.07, 6.45) is 7.24. The summed E-state index contributed by atoms with van der Waals surface area (Å²) in [5.41, 5.74) is 0.521. The fourth-order valence-corrected chi connectivity index (χ4v) is 5.52. The van der Waals surface area contributed by atoms with Crippen LogP contribution in [0.15, 0.2) is 29.2 Å². The molecule has 1 fully saturated rings. The topological polar surface area (TPSA) is 113 Å². The van der Waals surface area contributed by atoms with E-state index >= 15 is 0 Å². The zero-order chi connectivity index (χ0) is 22.6. The van der Waals surface area contributed by atoms with Crippen molar-refractivity contribution in [2.75, 3.05) is 12.4 Å². The molecule has 1 aliphatic rings. The number of sulfonamides is 1. The number of nitrogens with zero attached hydrogens (tertiary/aromatic N) is 1. The van der Waals surface area contributed by atoms with Gasteiger partial charge in [-0.15, -0.1) is 0 Å². The number of methoxy groups -OCH3 is 1. The molecule has 31 heavy (non-hydrogen) atoms. The fourth-order valence-electron chi connectivity index (χ4n) is 3.91. The van der Waals surface area contributed by atoms with Crippen molar-refractivity contribution in [1.29, 1.82) is 0 Å². The molecule has 0 atom stereocenters. The predicted octanol–water partition coefficient (Wildman–Crippen LogP) is 3.87. The second-order valence-electron chi connectivity index (χ2n) is 9.16. The predicted molar refractivity (Wildman–Crippen MR) is 120 cm³/mol. The molecule has 1 aromatic carbocycles. The van der Waals surface area contributed by atoms with Crippen molar-refractivity contribution in [3.05, 3.63) is 35.5 Å². The Kier molecular flexibility index (Phi) is 7.06. The Hall–Kier alpha value is -2.39. The van der Waals surface area contributed by atoms with Crippen LogP contribution in [-0.2, 0) is 16.4 Å². The molecule has 1 amide bonds. The number of anilines is 1. The zero-order valence-electron chi connectivity index (χ0n) is 18.6. The number of nitrogens with one attached hydrogen (secondary N) is 3. The van der Waals surface area contributed by atoms with Crippen LogP contribution in [0.25, 0.3) is 0 Å². The maximum Gasteiger partial charge on any atom is 0.256 e. The summed E-state index contributed by atoms with van der Waals surface area (Å²) in [6.45, 7) is 5.24. The van der Waals surface area contributed by atoms with Gasteiger partial charge in [0.15, 0.2) is 5.82 Å². The summed E-state index contributed by atoms with van der Waals surface area (Å²) in [6, 6.07) is 6.16. The van der Waals surface area contributed by atoms with Gasteiger partial charge in [0.1, 0.15) is 10.6 Å². The molecular formula is C22H32N4O4S. The van der Waals surface area contributed by atoms with E-state index in [1.807, 2.05) is 6.07 Å². The van der Waals surface area contributed by atoms with Crippen LogP contribution < -0.4 is 14.8 Å². The minimum Gasteiger partial charge on any atom is -0.495 e. The van der Waals surface area contributed by atoms with Gasteiger partial charge in [-0.05, 0) is 51.3 Å². The Morgan fingerprint density at radius 1 is 1.19 bits per heavy atom. The van der Waals surface area contributed by atoms with Gasteiger partial charge in [0, 0.05) is 22.9 Å². The van der Waals surface area contributed by atoms with Crippen LogP contribution in [0.2, 0.25) is 0 Å². The molecule has 8 nitrogen and oxygen atoms in total. The Labute approximate surface area is 184 Å². The van der Waals surface area contributed by atoms with Gasteiger partial charge >= 0.3 is 0 Å². The van der Waals surface area contributed by atoms with Gasteiger partial charge in [-0.25, -0.2) is 13.1 Å². The van der Waals surface area contributed by atoms with E-state index in [0.717, 1.165) is 12.1 Å². The van der Waals surface area contributed by atoms with Crippen molar-refractivity contribution in [2.24, 2.45) is 5.92 Å². The van der Waals surface area contributed by atoms with Crippen molar-refractivity contribution in [2.45, 2.75) is 69.7 Å². The van der Waals surface area contributed by atoms with Gasteiger partial charge in [0.05, 0.1) is 7.11 Å². The van der Waals surface area contributed by atoms with Gasteiger partial charge in [-0.1, -0.05) is 32.1 Å². The second kappa shape index (κ2) is 9.40. The standard InChI is InChI=1S/C22H32N4O4S/c1-22(2,3)26-31(28,29)19-13-16(10-11-18(19)30-4)21(27)23-20-14-17(24-25-20)12-15-8-6-5-7-9-15/h10-11,13-15,26H,5-9,12H2,1-4H3,(H2,23,24,25,27). The summed E-state index contributed by atoms with van der Waals surface area (Å²) in [4.78, 5) is 12.7. The summed E-state index contributed by atoms with van der Waals surface area (Å²) in [5, 5.41) is 9.93. The van der Waals surface area contributed by atoms with Gasteiger partial charge in [-0.3, -0.25) is 9.89 Å². The average Bonchev–Trinajstić information content (AvgIpc) is 3.13. The Balaban J connectivity index is 1.75. The number of aromatic nitrogens is 2. The van der Waals surface area contributed by atoms with Crippen molar-refractivity contribution in [1.82, 2.24) is 14.9 Å². The number of aromatic amines is 1. The quantitative estimate of drug-likeness (QED) is 0.595. The monoisotopic (exact) mass is 448 g/mol. The molecule has 2 aromatic rings. The minimum absolute atomic E-state index is 0.0856. The largest absolute Gasteiger partial charge is 0.495 e. The summed E-state index contributed by atoms with van der Waals surface area (Å²) in [7, 11) is -2.49. The lowest BCUT2D eigenvalue weighted by molar-refractivity contribution is 0.102. The number of carbonyl (C=O) groups excluding carboxylic acids is 1. The molecule has 1 saturated carbocycles. The highest BCUT2D eigenvalue weighted by atomic mass is 32.2. The van der Waals surface area contributed by atoms with E-state index in [2.05, 4.69) is 20.2 Å². The summed E-state index contributed by atoms with van der Waals surface area (Å²) in [5.74, 6) is 0.805. The van der Waals surface area contributed by atoms with Crippen molar-refractivity contribution in [3.63, 3.8) is 0 Å². The molecule has 1 aliphatic carbocycles. The van der Waals surface area contributed by atoms with Crippen LogP contribution >= 0.6 is 0 Å². The van der Waals surface area contributed by atoms with Gasteiger partial charge in [0.2, 0.25) is 10.0 Å². The Morgan fingerprint density at radius 2 is 1.90 bits per heavy atom. The molecule has 170 valence electrons. The highest BCUT2D eigenvalue weighted by Crippen LogP contribution is 2.28. The van der Waals surface area contributed by atoms with Crippen LogP contribution in [0.5, 0.6) is 5.75 Å². The number of ether oxygens (including phenoxy) is 1. The number of H-pyrrole nitrogens is 1. The van der Waals surface area contributed by atoms with Crippen molar-refractivity contribution >= 4 is 21.7 Å². The van der Waals surface area contributed by atoms with Crippen LogP contribution in [0, 0.1) is 5.92 Å². The summed E-state index contributed by atoms with van der Waals surface area (Å²) >= 11 is 0. The number of rotatable bonds is 7. The molecule has 0 radical (unpaired) electrons. The van der Waals surface area contributed by atoms with E-state index in [1.165, 1.54) is 57.4 Å². The third kappa shape index (κ3) is 6.30. The number of benzene rings is 1. The fraction of sp³-hybridized carbons (Fsp3) is 0.545. The molecule has 0 spiro atoms. The smallest absolute Gasteiger partial charge is 0.256 e. The number of carbonyl (C=O) groups is 1. The molecular weight excluding hydrogens is 416 g/mol. The molecule has 0 bridgehead atoms. The third-order valence-corrected chi connectivity index (χ3v) is 7.04. The van der Waals surface area contributed by atoms with Gasteiger partial charge in [0.25, 0.3) is 5.91 Å². The maximum atomic E-state index is 12.8. The molecule has 3 rings (SSSR count). The molecule has 9 heteroatoms. The first-order valence-corrected chi connectivity index (χ1v) is 12.1. The van der Waals surface area contributed by atoms with Crippen LogP contribution in [0.3, 0.4) is 0 Å². The lowest BCUT2D eigenvalue weighted by atomic mass is 9.86. The highest BCUT2D eigenvalue weighted by molar-refractivity contribution is 7.89. The average molecular weight is 449 g/mol. The Bertz CT molecular complexity index is 1020. The van der Waals surface area contributed by atoms with Crippen LogP contribution in [0.1, 0.15) is 68.9 Å². The van der Waals surface area contributed by atoms with Crippen LogP contribution in [0.4, 0.5) is 5.82 Å². The van der Waals surface area contributed by atoms with Crippen molar-refractivity contribution in [3.8, 4) is 5.75 Å². The second-order valence-corrected chi connectivity index (χ2v) is 10.8. The van der Waals surface area contributed by atoms with E-state index in [0.29, 0.717) is 11.7 Å². The zero-order valence-corrected chi connectivity index (χ0v) is 19.4. The van der Waals surface area contributed by atoms with E-state index in [9.17, 15) is 13.2 Å². The first kappa shape index (κ1) is 23.3. The maximum absolute atomic E-state index is 12.8. The summed E-state index contributed by atoms with van der Waals surface area (Å²) < 4.78 is 33.4. The molecule has 1 aromatic heterocycles. The molecule has 0 aliphatic heterocycles. The van der Waals surface area contributed by atoms with E-state index < -0.39 is 21.5 Å². The molecule has 0 unspecified atom stereocenters. The minimum atomic E-state index is -3.88.